The second-order valence-electron chi connectivity index (χ2n) is 6.10. The van der Waals surface area contributed by atoms with E-state index >= 15 is 0 Å². The molecule has 1 aromatic rings. The predicted octanol–water partition coefficient (Wildman–Crippen LogP) is 2.63. The molecule has 3 rings (SSSR count). The zero-order chi connectivity index (χ0) is 15.9. The molecule has 2 saturated heterocycles. The third kappa shape index (κ3) is 2.44. The molecule has 0 spiro atoms. The maximum atomic E-state index is 13.4. The number of nitriles is 1. The van der Waals surface area contributed by atoms with Crippen LogP contribution >= 0.6 is 0 Å². The molecule has 2 aliphatic rings. The molecule has 2 fully saturated rings. The van der Waals surface area contributed by atoms with E-state index in [2.05, 4.69) is 0 Å². The van der Waals surface area contributed by atoms with Gasteiger partial charge in [-0.15, -0.1) is 0 Å². The molecule has 2 atom stereocenters. The van der Waals surface area contributed by atoms with Crippen molar-refractivity contribution in [2.45, 2.75) is 42.6 Å². The lowest BCUT2D eigenvalue weighted by atomic mass is 9.83. The number of fused-ring (bicyclic) bond motifs is 2. The summed E-state index contributed by atoms with van der Waals surface area (Å²) in [6.07, 6.45) is 2.64. The van der Waals surface area contributed by atoms with Gasteiger partial charge in [0.2, 0.25) is 0 Å². The summed E-state index contributed by atoms with van der Waals surface area (Å²) in [4.78, 5) is 12.7. The number of hydrogen-bond donors (Lipinski definition) is 0. The Bertz CT molecular complexity index is 746. The Labute approximate surface area is 128 Å². The number of Topliss-reactive ketones (excluding diaryl/α,β-unsaturated/α-hetero) is 1. The second-order valence-corrected chi connectivity index (χ2v) is 8.61. The fraction of sp³-hybridized carbons (Fsp3) is 0.500. The van der Waals surface area contributed by atoms with Crippen LogP contribution in [0.3, 0.4) is 0 Å². The molecule has 0 aromatic heterocycles. The molecule has 0 radical (unpaired) electrons. The highest BCUT2D eigenvalue weighted by Crippen LogP contribution is 2.40. The molecule has 116 valence electrons. The van der Waals surface area contributed by atoms with E-state index in [1.54, 1.807) is 0 Å². The molecular weight excluding hydrogens is 305 g/mol. The van der Waals surface area contributed by atoms with Crippen molar-refractivity contribution in [2.24, 2.45) is 5.92 Å². The van der Waals surface area contributed by atoms with E-state index in [9.17, 15) is 17.6 Å². The highest BCUT2D eigenvalue weighted by molar-refractivity contribution is 7.92. The Morgan fingerprint density at radius 3 is 2.45 bits per heavy atom. The molecule has 22 heavy (non-hydrogen) atoms. The lowest BCUT2D eigenvalue weighted by molar-refractivity contribution is 0.0893. The summed E-state index contributed by atoms with van der Waals surface area (Å²) in [5.74, 6) is -1.30. The van der Waals surface area contributed by atoms with Gasteiger partial charge in [-0.25, -0.2) is 12.8 Å². The zero-order valence-corrected chi connectivity index (χ0v) is 12.8. The third-order valence-corrected chi connectivity index (χ3v) is 7.53. The largest absolute Gasteiger partial charge is 0.294 e. The standard InChI is InChI=1S/C16H16FNO3S/c17-12-5-4-10(9-18)15(8-12)16(19)11-6-13-2-1-3-14(7-11)22(13,20)21/h4-5,8,11,13-14H,1-3,6-7H2. The Morgan fingerprint density at radius 2 is 1.86 bits per heavy atom. The first-order chi connectivity index (χ1) is 10.4. The van der Waals surface area contributed by atoms with E-state index in [-0.39, 0.29) is 16.9 Å². The Balaban J connectivity index is 1.92. The third-order valence-electron chi connectivity index (χ3n) is 4.81. The minimum absolute atomic E-state index is 0.0740. The number of halogens is 1. The van der Waals surface area contributed by atoms with Crippen LogP contribution in [0, 0.1) is 23.1 Å². The summed E-state index contributed by atoms with van der Waals surface area (Å²) in [6.45, 7) is 0. The van der Waals surface area contributed by atoms with Gasteiger partial charge in [-0.2, -0.15) is 5.26 Å². The van der Waals surface area contributed by atoms with E-state index in [0.717, 1.165) is 18.6 Å². The molecule has 2 bridgehead atoms. The van der Waals surface area contributed by atoms with E-state index in [0.29, 0.717) is 25.7 Å². The van der Waals surface area contributed by atoms with Crippen LogP contribution in [0.5, 0.6) is 0 Å². The first-order valence-corrected chi connectivity index (χ1v) is 9.01. The van der Waals surface area contributed by atoms with Crippen LogP contribution in [0.25, 0.3) is 0 Å². The monoisotopic (exact) mass is 321 g/mol. The number of carbonyl (C=O) groups is 1. The van der Waals surface area contributed by atoms with Crippen molar-refractivity contribution >= 4 is 15.6 Å². The minimum atomic E-state index is -3.13. The fourth-order valence-electron chi connectivity index (χ4n) is 3.66. The van der Waals surface area contributed by atoms with Crippen LogP contribution in [0.1, 0.15) is 48.0 Å². The van der Waals surface area contributed by atoms with E-state index in [1.165, 1.54) is 6.07 Å². The SMILES string of the molecule is N#Cc1ccc(F)cc1C(=O)C1CC2CCCC(C1)S2(=O)=O. The number of benzene rings is 1. The summed E-state index contributed by atoms with van der Waals surface area (Å²) in [7, 11) is -3.13. The number of ketones is 1. The lowest BCUT2D eigenvalue weighted by Crippen LogP contribution is -2.45. The maximum Gasteiger partial charge on any atom is 0.167 e. The Kier molecular flexibility index (Phi) is 3.77. The van der Waals surface area contributed by atoms with Crippen LogP contribution in [0.4, 0.5) is 4.39 Å². The van der Waals surface area contributed by atoms with E-state index in [1.807, 2.05) is 6.07 Å². The van der Waals surface area contributed by atoms with Gasteiger partial charge in [0.05, 0.1) is 22.1 Å². The highest BCUT2D eigenvalue weighted by Gasteiger charge is 2.46. The topological polar surface area (TPSA) is 75.0 Å². The average molecular weight is 321 g/mol. The fourth-order valence-corrected chi connectivity index (χ4v) is 6.20. The van der Waals surface area contributed by atoms with Gasteiger partial charge in [0.15, 0.2) is 15.6 Å². The summed E-state index contributed by atoms with van der Waals surface area (Å²) < 4.78 is 37.9. The van der Waals surface area contributed by atoms with Crippen molar-refractivity contribution in [2.75, 3.05) is 0 Å². The van der Waals surface area contributed by atoms with Gasteiger partial charge in [0, 0.05) is 11.5 Å². The smallest absolute Gasteiger partial charge is 0.167 e. The van der Waals surface area contributed by atoms with Gasteiger partial charge in [0.25, 0.3) is 0 Å². The Hall–Kier alpha value is -1.74. The second kappa shape index (κ2) is 5.47. The molecule has 0 aliphatic carbocycles. The summed E-state index contributed by atoms with van der Waals surface area (Å²) in [5, 5.41) is 8.15. The summed E-state index contributed by atoms with van der Waals surface area (Å²) in [5.41, 5.74) is 0.217. The number of hydrogen-bond acceptors (Lipinski definition) is 4. The molecule has 0 saturated carbocycles. The van der Waals surface area contributed by atoms with Crippen LogP contribution < -0.4 is 0 Å². The van der Waals surface area contributed by atoms with Gasteiger partial charge in [-0.05, 0) is 43.9 Å². The van der Waals surface area contributed by atoms with Crippen LogP contribution in [0.15, 0.2) is 18.2 Å². The molecule has 2 heterocycles. The van der Waals surface area contributed by atoms with Crippen molar-refractivity contribution < 1.29 is 17.6 Å². The van der Waals surface area contributed by atoms with Crippen molar-refractivity contribution in [3.63, 3.8) is 0 Å². The zero-order valence-electron chi connectivity index (χ0n) is 12.0. The number of sulfone groups is 1. The highest BCUT2D eigenvalue weighted by atomic mass is 32.2. The molecule has 2 aliphatic heterocycles. The first kappa shape index (κ1) is 15.2. The van der Waals surface area contributed by atoms with Gasteiger partial charge < -0.3 is 0 Å². The van der Waals surface area contributed by atoms with Crippen LogP contribution in [0.2, 0.25) is 0 Å². The van der Waals surface area contributed by atoms with Crippen LogP contribution in [-0.4, -0.2) is 24.7 Å². The Morgan fingerprint density at radius 1 is 1.23 bits per heavy atom. The number of carbonyl (C=O) groups excluding carboxylic acids is 1. The number of rotatable bonds is 2. The van der Waals surface area contributed by atoms with Crippen molar-refractivity contribution in [1.82, 2.24) is 0 Å². The molecule has 0 N–H and O–H groups in total. The van der Waals surface area contributed by atoms with Crippen molar-refractivity contribution in [1.29, 1.82) is 5.26 Å². The molecule has 2 unspecified atom stereocenters. The quantitative estimate of drug-likeness (QED) is 0.785. The van der Waals surface area contributed by atoms with Gasteiger partial charge in [-0.1, -0.05) is 6.42 Å². The summed E-state index contributed by atoms with van der Waals surface area (Å²) >= 11 is 0. The molecule has 6 heteroatoms. The normalized spacial score (nSPS) is 29.5. The molecule has 0 amide bonds. The number of nitrogens with zero attached hydrogens (tertiary/aromatic N) is 1. The van der Waals surface area contributed by atoms with Crippen molar-refractivity contribution in [3.05, 3.63) is 35.1 Å². The van der Waals surface area contributed by atoms with Crippen LogP contribution in [-0.2, 0) is 9.84 Å². The molecule has 1 aromatic carbocycles. The van der Waals surface area contributed by atoms with E-state index < -0.39 is 32.1 Å². The van der Waals surface area contributed by atoms with E-state index in [4.69, 9.17) is 5.26 Å². The minimum Gasteiger partial charge on any atom is -0.294 e. The maximum absolute atomic E-state index is 13.4. The molecular formula is C16H16FNO3S. The van der Waals surface area contributed by atoms with Crippen molar-refractivity contribution in [3.8, 4) is 6.07 Å². The molecule has 4 nitrogen and oxygen atoms in total. The van der Waals surface area contributed by atoms with Gasteiger partial charge >= 0.3 is 0 Å². The summed E-state index contributed by atoms with van der Waals surface area (Å²) in [6, 6.07) is 5.43. The predicted molar refractivity (Wildman–Crippen MR) is 78.5 cm³/mol. The lowest BCUT2D eigenvalue weighted by Gasteiger charge is -2.38. The average Bonchev–Trinajstić information content (AvgIpc) is 2.45. The van der Waals surface area contributed by atoms with Gasteiger partial charge in [-0.3, -0.25) is 4.79 Å². The first-order valence-electron chi connectivity index (χ1n) is 7.40. The van der Waals surface area contributed by atoms with Gasteiger partial charge in [0.1, 0.15) is 5.82 Å².